The normalized spacial score (nSPS) is 28.1. The van der Waals surface area contributed by atoms with Gasteiger partial charge in [-0.2, -0.15) is 11.8 Å². The van der Waals surface area contributed by atoms with E-state index in [0.29, 0.717) is 0 Å². The Labute approximate surface area is 105 Å². The van der Waals surface area contributed by atoms with Gasteiger partial charge in [-0.25, -0.2) is 0 Å². The molecular weight excluding hydrogens is 216 g/mol. The summed E-state index contributed by atoms with van der Waals surface area (Å²) in [6, 6.07) is 0.814. The molecule has 1 N–H and O–H groups in total. The molecule has 0 radical (unpaired) electrons. The highest BCUT2D eigenvalue weighted by Crippen LogP contribution is 2.16. The lowest BCUT2D eigenvalue weighted by Gasteiger charge is -2.20. The number of rotatable bonds is 5. The Morgan fingerprint density at radius 2 is 1.94 bits per heavy atom. The molecule has 0 bridgehead atoms. The van der Waals surface area contributed by atoms with Crippen LogP contribution in [0.1, 0.15) is 38.5 Å². The highest BCUT2D eigenvalue weighted by atomic mass is 32.2. The minimum absolute atomic E-state index is 0.814. The van der Waals surface area contributed by atoms with Gasteiger partial charge in [-0.05, 0) is 57.6 Å². The second-order valence-corrected chi connectivity index (χ2v) is 6.27. The molecule has 2 aliphatic heterocycles. The second-order valence-electron chi connectivity index (χ2n) is 5.12. The van der Waals surface area contributed by atoms with Crippen LogP contribution in [-0.2, 0) is 0 Å². The van der Waals surface area contributed by atoms with Crippen LogP contribution in [0.3, 0.4) is 0 Å². The molecule has 1 unspecified atom stereocenters. The van der Waals surface area contributed by atoms with E-state index < -0.39 is 0 Å². The number of likely N-dealkylation sites (tertiary alicyclic amines) is 1. The number of nitrogens with one attached hydrogen (secondary N) is 1. The molecule has 0 amide bonds. The molecule has 2 saturated heterocycles. The summed E-state index contributed by atoms with van der Waals surface area (Å²) in [6.45, 7) is 5.23. The number of nitrogens with zero attached hydrogens (tertiary/aromatic N) is 1. The van der Waals surface area contributed by atoms with Gasteiger partial charge in [0, 0.05) is 11.8 Å². The molecule has 16 heavy (non-hydrogen) atoms. The van der Waals surface area contributed by atoms with Gasteiger partial charge in [0.2, 0.25) is 0 Å². The number of hydrogen-bond donors (Lipinski definition) is 1. The van der Waals surface area contributed by atoms with Crippen molar-refractivity contribution in [1.29, 1.82) is 0 Å². The van der Waals surface area contributed by atoms with Gasteiger partial charge in [0.15, 0.2) is 0 Å². The largest absolute Gasteiger partial charge is 0.313 e. The van der Waals surface area contributed by atoms with Gasteiger partial charge < -0.3 is 10.2 Å². The maximum absolute atomic E-state index is 3.69. The zero-order chi connectivity index (χ0) is 11.1. The molecule has 0 spiro atoms. The first-order chi connectivity index (χ1) is 7.95. The lowest BCUT2D eigenvalue weighted by molar-refractivity contribution is 0.278. The van der Waals surface area contributed by atoms with Crippen LogP contribution in [0.4, 0.5) is 0 Å². The first-order valence-corrected chi connectivity index (χ1v) is 8.14. The van der Waals surface area contributed by atoms with Gasteiger partial charge in [-0.15, -0.1) is 0 Å². The fourth-order valence-corrected chi connectivity index (χ4v) is 3.85. The van der Waals surface area contributed by atoms with Gasteiger partial charge in [-0.3, -0.25) is 0 Å². The molecule has 0 aromatic carbocycles. The van der Waals surface area contributed by atoms with Gasteiger partial charge >= 0.3 is 0 Å². The predicted octanol–water partition coefficient (Wildman–Crippen LogP) is 2.35. The van der Waals surface area contributed by atoms with Gasteiger partial charge in [-0.1, -0.05) is 12.8 Å². The summed E-state index contributed by atoms with van der Waals surface area (Å²) >= 11 is 2.10. The van der Waals surface area contributed by atoms with Crippen molar-refractivity contribution in [2.24, 2.45) is 0 Å². The van der Waals surface area contributed by atoms with E-state index >= 15 is 0 Å². The number of thioether (sulfide) groups is 1. The summed E-state index contributed by atoms with van der Waals surface area (Å²) < 4.78 is 0. The van der Waals surface area contributed by atoms with Crippen molar-refractivity contribution in [3.8, 4) is 0 Å². The van der Waals surface area contributed by atoms with E-state index in [1.807, 2.05) is 0 Å². The monoisotopic (exact) mass is 242 g/mol. The molecule has 0 aromatic rings. The number of hydrogen-bond acceptors (Lipinski definition) is 3. The minimum Gasteiger partial charge on any atom is -0.313 e. The van der Waals surface area contributed by atoms with Crippen molar-refractivity contribution in [2.45, 2.75) is 44.6 Å². The Balaban J connectivity index is 1.49. The first kappa shape index (κ1) is 12.7. The quantitative estimate of drug-likeness (QED) is 0.745. The molecule has 0 aliphatic carbocycles. The SMILES string of the molecule is C1CCCN(CCCNC2CCSC2)CC1. The lowest BCUT2D eigenvalue weighted by Crippen LogP contribution is -2.33. The Morgan fingerprint density at radius 3 is 2.62 bits per heavy atom. The third-order valence-corrected chi connectivity index (χ3v) is 4.87. The average Bonchev–Trinajstić information content (AvgIpc) is 2.68. The molecule has 2 fully saturated rings. The molecule has 0 aromatic heterocycles. The summed E-state index contributed by atoms with van der Waals surface area (Å²) in [4.78, 5) is 2.66. The predicted molar refractivity (Wildman–Crippen MR) is 73.3 cm³/mol. The lowest BCUT2D eigenvalue weighted by atomic mass is 10.2. The van der Waals surface area contributed by atoms with Crippen LogP contribution in [0.5, 0.6) is 0 Å². The molecule has 2 nitrogen and oxygen atoms in total. The van der Waals surface area contributed by atoms with Gasteiger partial charge in [0.1, 0.15) is 0 Å². The molecular formula is C13H26N2S. The van der Waals surface area contributed by atoms with Crippen LogP contribution in [0, 0.1) is 0 Å². The smallest absolute Gasteiger partial charge is 0.0166 e. The maximum Gasteiger partial charge on any atom is 0.0166 e. The van der Waals surface area contributed by atoms with Crippen LogP contribution in [-0.4, -0.2) is 48.6 Å². The van der Waals surface area contributed by atoms with Crippen LogP contribution in [0.15, 0.2) is 0 Å². The molecule has 94 valence electrons. The summed E-state index contributed by atoms with van der Waals surface area (Å²) in [5.41, 5.74) is 0. The molecule has 1 atom stereocenters. The van der Waals surface area contributed by atoms with E-state index in [2.05, 4.69) is 22.0 Å². The van der Waals surface area contributed by atoms with Crippen molar-refractivity contribution >= 4 is 11.8 Å². The zero-order valence-corrected chi connectivity index (χ0v) is 11.2. The van der Waals surface area contributed by atoms with Crippen molar-refractivity contribution in [3.63, 3.8) is 0 Å². The molecule has 2 heterocycles. The molecule has 3 heteroatoms. The Morgan fingerprint density at radius 1 is 1.12 bits per heavy atom. The van der Waals surface area contributed by atoms with Crippen LogP contribution in [0.2, 0.25) is 0 Å². The minimum atomic E-state index is 0.814. The van der Waals surface area contributed by atoms with E-state index in [1.165, 1.54) is 76.2 Å². The highest BCUT2D eigenvalue weighted by Gasteiger charge is 2.14. The van der Waals surface area contributed by atoms with E-state index in [9.17, 15) is 0 Å². The van der Waals surface area contributed by atoms with E-state index in [4.69, 9.17) is 0 Å². The Bertz CT molecular complexity index is 173. The van der Waals surface area contributed by atoms with Gasteiger partial charge in [0.25, 0.3) is 0 Å². The third kappa shape index (κ3) is 4.64. The fourth-order valence-electron chi connectivity index (χ4n) is 2.66. The maximum atomic E-state index is 3.69. The van der Waals surface area contributed by atoms with Crippen molar-refractivity contribution in [2.75, 3.05) is 37.7 Å². The van der Waals surface area contributed by atoms with Crippen LogP contribution >= 0.6 is 11.8 Å². The van der Waals surface area contributed by atoms with Gasteiger partial charge in [0.05, 0.1) is 0 Å². The topological polar surface area (TPSA) is 15.3 Å². The van der Waals surface area contributed by atoms with Crippen LogP contribution < -0.4 is 5.32 Å². The molecule has 0 saturated carbocycles. The summed E-state index contributed by atoms with van der Waals surface area (Å²) in [6.07, 6.45) is 8.47. The van der Waals surface area contributed by atoms with Crippen molar-refractivity contribution in [1.82, 2.24) is 10.2 Å². The first-order valence-electron chi connectivity index (χ1n) is 6.98. The third-order valence-electron chi connectivity index (χ3n) is 3.71. The van der Waals surface area contributed by atoms with Crippen molar-refractivity contribution < 1.29 is 0 Å². The molecule has 2 rings (SSSR count). The zero-order valence-electron chi connectivity index (χ0n) is 10.4. The Hall–Kier alpha value is 0.270. The average molecular weight is 242 g/mol. The van der Waals surface area contributed by atoms with Crippen molar-refractivity contribution in [3.05, 3.63) is 0 Å². The standard InChI is InChI=1S/C13H26N2S/c1-2-4-9-15(8-3-1)10-5-7-14-13-6-11-16-12-13/h13-14H,1-12H2. The van der Waals surface area contributed by atoms with E-state index in [1.54, 1.807) is 0 Å². The molecule has 2 aliphatic rings. The summed E-state index contributed by atoms with van der Waals surface area (Å²) in [5.74, 6) is 2.70. The second kappa shape index (κ2) is 7.57. The summed E-state index contributed by atoms with van der Waals surface area (Å²) in [7, 11) is 0. The fraction of sp³-hybridized carbons (Fsp3) is 1.00. The summed E-state index contributed by atoms with van der Waals surface area (Å²) in [5, 5.41) is 3.69. The Kier molecular flexibility index (Phi) is 6.02. The highest BCUT2D eigenvalue weighted by molar-refractivity contribution is 7.99. The van der Waals surface area contributed by atoms with E-state index in [-0.39, 0.29) is 0 Å². The van der Waals surface area contributed by atoms with E-state index in [0.717, 1.165) is 6.04 Å². The van der Waals surface area contributed by atoms with Crippen LogP contribution in [0.25, 0.3) is 0 Å².